The molecular formula is C24H16N4. The Morgan fingerprint density at radius 1 is 0.464 bits per heavy atom. The zero-order chi connectivity index (χ0) is 18.8. The highest BCUT2D eigenvalue weighted by atomic mass is 15.2. The van der Waals surface area contributed by atoms with Crippen LogP contribution in [0.4, 0.5) is 0 Å². The highest BCUT2D eigenvalue weighted by Gasteiger charge is 2.15. The van der Waals surface area contributed by atoms with Crippen LogP contribution in [0, 0.1) is 0 Å². The van der Waals surface area contributed by atoms with Gasteiger partial charge in [0.25, 0.3) is 0 Å². The van der Waals surface area contributed by atoms with E-state index in [9.17, 15) is 0 Å². The van der Waals surface area contributed by atoms with Crippen molar-refractivity contribution in [2.24, 2.45) is 0 Å². The van der Waals surface area contributed by atoms with E-state index in [2.05, 4.69) is 10.2 Å². The molecule has 4 nitrogen and oxygen atoms in total. The van der Waals surface area contributed by atoms with Crippen molar-refractivity contribution >= 4 is 10.9 Å². The van der Waals surface area contributed by atoms with Crippen molar-refractivity contribution in [2.75, 3.05) is 0 Å². The number of hydrogen-bond acceptors (Lipinski definition) is 4. The molecule has 0 aliphatic rings. The maximum absolute atomic E-state index is 4.86. The number of fused-ring (bicyclic) bond motifs is 1. The lowest BCUT2D eigenvalue weighted by Gasteiger charge is -2.09. The van der Waals surface area contributed by atoms with Crippen LogP contribution in [0.5, 0.6) is 0 Å². The second-order valence-corrected chi connectivity index (χ2v) is 6.45. The fraction of sp³-hybridized carbons (Fsp3) is 0. The summed E-state index contributed by atoms with van der Waals surface area (Å²) >= 11 is 0. The Kier molecular flexibility index (Phi) is 4.07. The van der Waals surface area contributed by atoms with Crippen LogP contribution in [0.3, 0.4) is 0 Å². The zero-order valence-corrected chi connectivity index (χ0v) is 15.0. The highest BCUT2D eigenvalue weighted by molar-refractivity contribution is 5.82. The third kappa shape index (κ3) is 3.01. The number of pyridine rings is 1. The van der Waals surface area contributed by atoms with Gasteiger partial charge in [-0.15, -0.1) is 10.2 Å². The molecule has 132 valence electrons. The fourth-order valence-electron chi connectivity index (χ4n) is 3.21. The van der Waals surface area contributed by atoms with Crippen LogP contribution in [-0.2, 0) is 0 Å². The van der Waals surface area contributed by atoms with E-state index in [1.165, 1.54) is 0 Å². The maximum atomic E-state index is 4.86. The second-order valence-electron chi connectivity index (χ2n) is 6.45. The molecule has 0 aliphatic carbocycles. The molecule has 2 aromatic heterocycles. The summed E-state index contributed by atoms with van der Waals surface area (Å²) in [6, 6.07) is 32.1. The Balaban J connectivity index is 1.70. The lowest BCUT2D eigenvalue weighted by atomic mass is 10.0. The summed E-state index contributed by atoms with van der Waals surface area (Å²) in [4.78, 5) is 9.58. The Hall–Kier alpha value is -3.92. The normalized spacial score (nSPS) is 10.9. The molecule has 0 saturated heterocycles. The summed E-state index contributed by atoms with van der Waals surface area (Å²) < 4.78 is 0. The van der Waals surface area contributed by atoms with Gasteiger partial charge >= 0.3 is 0 Å². The third-order valence-corrected chi connectivity index (χ3v) is 4.61. The minimum atomic E-state index is 0.518. The SMILES string of the molecule is c1ccc(-c2nnc(-c3ccc4ccccc4n3)nc2-c2ccccc2)cc1. The molecule has 3 aromatic carbocycles. The lowest BCUT2D eigenvalue weighted by molar-refractivity contribution is 0.984. The minimum Gasteiger partial charge on any atom is -0.244 e. The van der Waals surface area contributed by atoms with Crippen LogP contribution in [-0.4, -0.2) is 20.2 Å². The molecule has 0 saturated carbocycles. The van der Waals surface area contributed by atoms with Gasteiger partial charge in [0, 0.05) is 16.5 Å². The molecule has 0 amide bonds. The van der Waals surface area contributed by atoms with E-state index in [1.807, 2.05) is 97.1 Å². The molecular weight excluding hydrogens is 344 g/mol. The minimum absolute atomic E-state index is 0.518. The van der Waals surface area contributed by atoms with Crippen molar-refractivity contribution in [3.8, 4) is 34.0 Å². The van der Waals surface area contributed by atoms with Gasteiger partial charge in [-0.1, -0.05) is 84.9 Å². The van der Waals surface area contributed by atoms with Crippen molar-refractivity contribution in [1.82, 2.24) is 20.2 Å². The lowest BCUT2D eigenvalue weighted by Crippen LogP contribution is -2.01. The molecule has 0 radical (unpaired) electrons. The Morgan fingerprint density at radius 2 is 1.11 bits per heavy atom. The van der Waals surface area contributed by atoms with Gasteiger partial charge in [0.15, 0.2) is 0 Å². The largest absolute Gasteiger partial charge is 0.244 e. The molecule has 0 N–H and O–H groups in total. The first kappa shape index (κ1) is 16.3. The number of benzene rings is 3. The molecule has 2 heterocycles. The summed E-state index contributed by atoms with van der Waals surface area (Å²) in [5, 5.41) is 10.0. The van der Waals surface area contributed by atoms with Crippen LogP contribution in [0.15, 0.2) is 97.1 Å². The van der Waals surface area contributed by atoms with Crippen molar-refractivity contribution in [1.29, 1.82) is 0 Å². The average molecular weight is 360 g/mol. The van der Waals surface area contributed by atoms with Crippen molar-refractivity contribution in [3.63, 3.8) is 0 Å². The Bertz CT molecular complexity index is 1250. The first-order valence-corrected chi connectivity index (χ1v) is 9.10. The van der Waals surface area contributed by atoms with Crippen LogP contribution in [0.2, 0.25) is 0 Å². The highest BCUT2D eigenvalue weighted by Crippen LogP contribution is 2.29. The number of hydrogen-bond donors (Lipinski definition) is 0. The van der Waals surface area contributed by atoms with Crippen molar-refractivity contribution < 1.29 is 0 Å². The maximum Gasteiger partial charge on any atom is 0.201 e. The number of rotatable bonds is 3. The molecule has 0 bridgehead atoms. The zero-order valence-electron chi connectivity index (χ0n) is 15.0. The van der Waals surface area contributed by atoms with E-state index in [-0.39, 0.29) is 0 Å². The van der Waals surface area contributed by atoms with Crippen LogP contribution >= 0.6 is 0 Å². The summed E-state index contributed by atoms with van der Waals surface area (Å²) in [5.41, 5.74) is 5.17. The molecule has 0 fully saturated rings. The van der Waals surface area contributed by atoms with Gasteiger partial charge in [0.2, 0.25) is 5.82 Å². The molecule has 0 atom stereocenters. The number of nitrogens with zero attached hydrogens (tertiary/aromatic N) is 4. The van der Waals surface area contributed by atoms with E-state index in [1.54, 1.807) is 0 Å². The van der Waals surface area contributed by atoms with Gasteiger partial charge in [-0.2, -0.15) is 0 Å². The first-order chi connectivity index (χ1) is 13.9. The second kappa shape index (κ2) is 7.00. The van der Waals surface area contributed by atoms with Gasteiger partial charge in [-0.25, -0.2) is 9.97 Å². The molecule has 28 heavy (non-hydrogen) atoms. The monoisotopic (exact) mass is 360 g/mol. The van der Waals surface area contributed by atoms with E-state index in [4.69, 9.17) is 9.97 Å². The Labute approximate surface area is 162 Å². The van der Waals surface area contributed by atoms with Crippen molar-refractivity contribution in [2.45, 2.75) is 0 Å². The predicted octanol–water partition coefficient (Wildman–Crippen LogP) is 5.42. The van der Waals surface area contributed by atoms with E-state index in [0.717, 1.165) is 33.4 Å². The molecule has 5 aromatic rings. The van der Waals surface area contributed by atoms with Crippen LogP contribution in [0.25, 0.3) is 44.9 Å². The molecule has 4 heteroatoms. The number of para-hydroxylation sites is 1. The molecule has 0 spiro atoms. The van der Waals surface area contributed by atoms with Gasteiger partial charge in [-0.3, -0.25) is 0 Å². The fourth-order valence-corrected chi connectivity index (χ4v) is 3.21. The average Bonchev–Trinajstić information content (AvgIpc) is 2.79. The smallest absolute Gasteiger partial charge is 0.201 e. The summed E-state index contributed by atoms with van der Waals surface area (Å²) in [7, 11) is 0. The topological polar surface area (TPSA) is 51.6 Å². The summed E-state index contributed by atoms with van der Waals surface area (Å²) in [5.74, 6) is 0.518. The van der Waals surface area contributed by atoms with Crippen molar-refractivity contribution in [3.05, 3.63) is 97.1 Å². The quantitative estimate of drug-likeness (QED) is 0.431. The van der Waals surface area contributed by atoms with E-state index in [0.29, 0.717) is 11.5 Å². The van der Waals surface area contributed by atoms with Gasteiger partial charge in [0.05, 0.1) is 5.52 Å². The van der Waals surface area contributed by atoms with E-state index < -0.39 is 0 Å². The molecule has 5 rings (SSSR count). The molecule has 0 aliphatic heterocycles. The summed E-state index contributed by atoms with van der Waals surface area (Å²) in [6.45, 7) is 0. The Morgan fingerprint density at radius 3 is 1.86 bits per heavy atom. The predicted molar refractivity (Wildman–Crippen MR) is 111 cm³/mol. The van der Waals surface area contributed by atoms with Gasteiger partial charge < -0.3 is 0 Å². The third-order valence-electron chi connectivity index (χ3n) is 4.61. The van der Waals surface area contributed by atoms with Crippen LogP contribution in [0.1, 0.15) is 0 Å². The molecule has 0 unspecified atom stereocenters. The van der Waals surface area contributed by atoms with Gasteiger partial charge in [0.1, 0.15) is 17.1 Å². The first-order valence-electron chi connectivity index (χ1n) is 9.10. The van der Waals surface area contributed by atoms with E-state index >= 15 is 0 Å². The summed E-state index contributed by atoms with van der Waals surface area (Å²) in [6.07, 6.45) is 0. The standard InChI is InChI=1S/C24H16N4/c1-3-10-18(11-4-1)22-23(19-12-5-2-6-13-19)27-28-24(26-22)21-16-15-17-9-7-8-14-20(17)25-21/h1-16H. The number of aromatic nitrogens is 4. The van der Waals surface area contributed by atoms with Crippen LogP contribution < -0.4 is 0 Å². The van der Waals surface area contributed by atoms with Gasteiger partial charge in [-0.05, 0) is 12.1 Å².